The molecule has 3 aromatic rings. The van der Waals surface area contributed by atoms with E-state index in [4.69, 9.17) is 16.3 Å². The lowest BCUT2D eigenvalue weighted by Crippen LogP contribution is -2.31. The van der Waals surface area contributed by atoms with Crippen LogP contribution in [0.15, 0.2) is 46.9 Å². The van der Waals surface area contributed by atoms with Gasteiger partial charge in [-0.3, -0.25) is 4.79 Å². The van der Waals surface area contributed by atoms with Gasteiger partial charge in [0.15, 0.2) is 5.78 Å². The van der Waals surface area contributed by atoms with Crippen molar-refractivity contribution in [2.24, 2.45) is 5.92 Å². The molecule has 0 atom stereocenters. The molecule has 1 N–H and O–H groups in total. The molecule has 0 radical (unpaired) electrons. The zero-order chi connectivity index (χ0) is 25.6. The summed E-state index contributed by atoms with van der Waals surface area (Å²) in [7, 11) is -4.19. The zero-order valence-corrected chi connectivity index (χ0v) is 22.2. The third kappa shape index (κ3) is 7.16. The second kappa shape index (κ2) is 11.8. The molecule has 35 heavy (non-hydrogen) atoms. The Labute approximate surface area is 214 Å². The van der Waals surface area contributed by atoms with Crippen LogP contribution in [0, 0.1) is 5.92 Å². The molecule has 0 fully saturated rings. The minimum absolute atomic E-state index is 0.000828. The molecule has 0 bridgehead atoms. The average molecular weight is 538 g/mol. The molecule has 2 aromatic heterocycles. The van der Waals surface area contributed by atoms with Gasteiger partial charge >= 0.3 is 6.09 Å². The van der Waals surface area contributed by atoms with Gasteiger partial charge in [-0.25, -0.2) is 22.9 Å². The quantitative estimate of drug-likeness (QED) is 0.253. The van der Waals surface area contributed by atoms with Crippen LogP contribution in [-0.2, 0) is 27.7 Å². The summed E-state index contributed by atoms with van der Waals surface area (Å²) < 4.78 is 34.8. The molecule has 1 amide bonds. The number of unbranched alkanes of at least 4 members (excludes halogenated alkanes) is 1. The van der Waals surface area contributed by atoms with Crippen LogP contribution in [0.2, 0.25) is 5.28 Å². The first-order valence-electron chi connectivity index (χ1n) is 11.2. The van der Waals surface area contributed by atoms with E-state index in [0.717, 1.165) is 22.6 Å². The number of halogens is 1. The van der Waals surface area contributed by atoms with Gasteiger partial charge in [-0.05, 0) is 48.1 Å². The molecule has 11 heteroatoms. The Bertz CT molecular complexity index is 1300. The number of rotatable bonds is 11. The summed E-state index contributed by atoms with van der Waals surface area (Å²) in [5, 5.41) is 0.205. The minimum Gasteiger partial charge on any atom is -0.449 e. The first-order chi connectivity index (χ1) is 16.6. The van der Waals surface area contributed by atoms with Crippen molar-refractivity contribution in [3.05, 3.63) is 58.4 Å². The first kappa shape index (κ1) is 26.9. The Balaban J connectivity index is 1.94. The summed E-state index contributed by atoms with van der Waals surface area (Å²) in [6, 6.07) is 8.54. The number of hydrogen-bond donors (Lipinski definition) is 1. The Hall–Kier alpha value is -2.69. The molecule has 0 aliphatic carbocycles. The maximum absolute atomic E-state index is 13.1. The van der Waals surface area contributed by atoms with Gasteiger partial charge in [0.25, 0.3) is 10.0 Å². The molecule has 188 valence electrons. The SMILES string of the molecule is CCCCOC(=O)NS(=O)(=O)c1sc(CC(C)C)cc1-c1cccc(C(=O)Cn2ccnc2Cl)c1. The number of hydrogen-bond acceptors (Lipinski definition) is 7. The van der Waals surface area contributed by atoms with E-state index in [1.165, 1.54) is 10.8 Å². The van der Waals surface area contributed by atoms with Gasteiger partial charge < -0.3 is 9.30 Å². The van der Waals surface area contributed by atoms with Crippen LogP contribution >= 0.6 is 22.9 Å². The Morgan fingerprint density at radius 1 is 1.26 bits per heavy atom. The summed E-state index contributed by atoms with van der Waals surface area (Å²) >= 11 is 7.09. The van der Waals surface area contributed by atoms with E-state index in [9.17, 15) is 18.0 Å². The summed E-state index contributed by atoms with van der Waals surface area (Å²) in [5.74, 6) is 0.100. The number of thiophene rings is 1. The molecule has 1 aromatic carbocycles. The fraction of sp³-hybridized carbons (Fsp3) is 0.375. The minimum atomic E-state index is -4.19. The maximum atomic E-state index is 13.1. The van der Waals surface area contributed by atoms with Gasteiger partial charge in [-0.1, -0.05) is 45.4 Å². The number of carbonyl (C=O) groups is 2. The van der Waals surface area contributed by atoms with Gasteiger partial charge in [0.05, 0.1) is 13.2 Å². The Kier molecular flexibility index (Phi) is 9.09. The van der Waals surface area contributed by atoms with Crippen molar-refractivity contribution in [1.29, 1.82) is 0 Å². The van der Waals surface area contributed by atoms with E-state index >= 15 is 0 Å². The van der Waals surface area contributed by atoms with Crippen LogP contribution in [0.5, 0.6) is 0 Å². The molecule has 3 rings (SSSR count). The third-order valence-corrected chi connectivity index (χ3v) is 8.34. The van der Waals surface area contributed by atoms with Crippen molar-refractivity contribution < 1.29 is 22.7 Å². The Morgan fingerprint density at radius 2 is 2.03 bits per heavy atom. The predicted molar refractivity (Wildman–Crippen MR) is 136 cm³/mol. The number of carbonyl (C=O) groups excluding carboxylic acids is 2. The van der Waals surface area contributed by atoms with Crippen LogP contribution in [0.1, 0.15) is 48.8 Å². The predicted octanol–water partition coefficient (Wildman–Crippen LogP) is 5.56. The van der Waals surface area contributed by atoms with Crippen molar-refractivity contribution in [2.75, 3.05) is 6.61 Å². The Morgan fingerprint density at radius 3 is 2.69 bits per heavy atom. The van der Waals surface area contributed by atoms with E-state index < -0.39 is 16.1 Å². The molecular formula is C24H28ClN3O5S2. The van der Waals surface area contributed by atoms with Gasteiger partial charge in [-0.15, -0.1) is 11.3 Å². The van der Waals surface area contributed by atoms with Crippen LogP contribution < -0.4 is 4.72 Å². The van der Waals surface area contributed by atoms with Crippen LogP contribution in [0.25, 0.3) is 11.1 Å². The second-order valence-corrected chi connectivity index (χ2v) is 11.8. The van der Waals surface area contributed by atoms with E-state index in [0.29, 0.717) is 35.4 Å². The van der Waals surface area contributed by atoms with Gasteiger partial charge in [0.1, 0.15) is 4.21 Å². The first-order valence-corrected chi connectivity index (χ1v) is 13.9. The van der Waals surface area contributed by atoms with Crippen LogP contribution in [-0.4, -0.2) is 36.5 Å². The van der Waals surface area contributed by atoms with E-state index in [-0.39, 0.29) is 28.4 Å². The summed E-state index contributed by atoms with van der Waals surface area (Å²) in [6.07, 6.45) is 4.23. The lowest BCUT2D eigenvalue weighted by molar-refractivity contribution is 0.0972. The number of imidazole rings is 1. The highest BCUT2D eigenvalue weighted by Crippen LogP contribution is 2.36. The third-order valence-electron chi connectivity index (χ3n) is 5.03. The highest BCUT2D eigenvalue weighted by atomic mass is 35.5. The van der Waals surface area contributed by atoms with E-state index in [1.54, 1.807) is 36.5 Å². The topological polar surface area (TPSA) is 107 Å². The van der Waals surface area contributed by atoms with Crippen LogP contribution in [0.4, 0.5) is 4.79 Å². The average Bonchev–Trinajstić information content (AvgIpc) is 3.40. The highest BCUT2D eigenvalue weighted by Gasteiger charge is 2.26. The molecule has 0 unspecified atom stereocenters. The molecule has 0 aliphatic heterocycles. The van der Waals surface area contributed by atoms with Crippen LogP contribution in [0.3, 0.4) is 0 Å². The number of ether oxygens (including phenoxy) is 1. The number of sulfonamides is 1. The van der Waals surface area contributed by atoms with Crippen molar-refractivity contribution >= 4 is 44.8 Å². The summed E-state index contributed by atoms with van der Waals surface area (Å²) in [6.45, 7) is 6.16. The molecule has 2 heterocycles. The van der Waals surface area contributed by atoms with Crippen molar-refractivity contribution in [2.45, 2.75) is 50.8 Å². The van der Waals surface area contributed by atoms with Crippen molar-refractivity contribution in [3.63, 3.8) is 0 Å². The number of nitrogens with zero attached hydrogens (tertiary/aromatic N) is 2. The normalized spacial score (nSPS) is 11.6. The molecule has 0 saturated carbocycles. The molecule has 0 spiro atoms. The number of benzene rings is 1. The molecular weight excluding hydrogens is 510 g/mol. The van der Waals surface area contributed by atoms with Crippen molar-refractivity contribution in [3.8, 4) is 11.1 Å². The van der Waals surface area contributed by atoms with E-state index in [2.05, 4.69) is 4.98 Å². The lowest BCUT2D eigenvalue weighted by Gasteiger charge is -2.09. The smallest absolute Gasteiger partial charge is 0.421 e. The number of amides is 1. The molecule has 0 aliphatic rings. The fourth-order valence-electron chi connectivity index (χ4n) is 3.36. The number of Topliss-reactive ketones (excluding diaryl/α,β-unsaturated/α-hetero) is 1. The van der Waals surface area contributed by atoms with Gasteiger partial charge in [-0.2, -0.15) is 0 Å². The van der Waals surface area contributed by atoms with Gasteiger partial charge in [0.2, 0.25) is 5.28 Å². The molecule has 8 nitrogen and oxygen atoms in total. The largest absolute Gasteiger partial charge is 0.449 e. The maximum Gasteiger partial charge on any atom is 0.421 e. The second-order valence-electron chi connectivity index (χ2n) is 8.43. The zero-order valence-electron chi connectivity index (χ0n) is 19.8. The number of ketones is 1. The highest BCUT2D eigenvalue weighted by molar-refractivity contribution is 7.92. The standard InChI is InChI=1S/C24H28ClN3O5S2/c1-4-5-11-33-24(30)27-35(31,32)22-20(14-19(34-22)12-16(2)3)17-7-6-8-18(13-17)21(29)15-28-10-9-26-23(28)25/h6-10,13-14,16H,4-5,11-12,15H2,1-3H3,(H,27,30). The monoisotopic (exact) mass is 537 g/mol. The van der Waals surface area contributed by atoms with Crippen molar-refractivity contribution in [1.82, 2.24) is 14.3 Å². The lowest BCUT2D eigenvalue weighted by atomic mass is 10.0. The van der Waals surface area contributed by atoms with Gasteiger partial charge in [0, 0.05) is 28.4 Å². The molecule has 0 saturated heterocycles. The number of nitrogens with one attached hydrogen (secondary N) is 1. The van der Waals surface area contributed by atoms with E-state index in [1.807, 2.05) is 25.5 Å². The fourth-order valence-corrected chi connectivity index (χ4v) is 6.37. The summed E-state index contributed by atoms with van der Waals surface area (Å²) in [4.78, 5) is 29.7. The number of aromatic nitrogens is 2. The summed E-state index contributed by atoms with van der Waals surface area (Å²) in [5.41, 5.74) is 1.38.